The number of hydrogen-bond acceptors (Lipinski definition) is 4. The molecule has 2 atom stereocenters. The summed E-state index contributed by atoms with van der Waals surface area (Å²) in [6.07, 6.45) is 0.480. The molecule has 0 spiro atoms. The van der Waals surface area contributed by atoms with Crippen LogP contribution in [0.25, 0.3) is 0 Å². The lowest BCUT2D eigenvalue weighted by Crippen LogP contribution is -2.37. The third kappa shape index (κ3) is 7.95. The molecule has 19 heavy (non-hydrogen) atoms. The van der Waals surface area contributed by atoms with Gasteiger partial charge in [0.25, 0.3) is 0 Å². The summed E-state index contributed by atoms with van der Waals surface area (Å²) in [5.74, 6) is 0. The third-order valence-electron chi connectivity index (χ3n) is 2.83. The molecule has 4 nitrogen and oxygen atoms in total. The predicted molar refractivity (Wildman–Crippen MR) is 76.3 cm³/mol. The second-order valence-corrected chi connectivity index (χ2v) is 4.72. The molecule has 1 rings (SSSR count). The Morgan fingerprint density at radius 1 is 1.21 bits per heavy atom. The van der Waals surface area contributed by atoms with E-state index in [0.717, 1.165) is 6.42 Å². The number of ether oxygens (including phenoxy) is 2. The minimum Gasteiger partial charge on any atom is -0.389 e. The summed E-state index contributed by atoms with van der Waals surface area (Å²) in [7, 11) is 1.63. The monoisotopic (exact) mass is 267 g/mol. The highest BCUT2D eigenvalue weighted by atomic mass is 16.5. The molecule has 1 aromatic rings. The molecule has 0 aliphatic rings. The van der Waals surface area contributed by atoms with Crippen LogP contribution in [0.3, 0.4) is 0 Å². The van der Waals surface area contributed by atoms with Crippen LogP contribution in [0, 0.1) is 0 Å². The van der Waals surface area contributed by atoms with Gasteiger partial charge in [0, 0.05) is 19.7 Å². The Hall–Kier alpha value is -0.940. The summed E-state index contributed by atoms with van der Waals surface area (Å²) in [6, 6.07) is 10.7. The van der Waals surface area contributed by atoms with E-state index in [0.29, 0.717) is 32.4 Å². The van der Waals surface area contributed by atoms with Crippen molar-refractivity contribution in [2.75, 3.05) is 33.5 Å². The van der Waals surface area contributed by atoms with E-state index < -0.39 is 6.10 Å². The molecule has 2 unspecified atom stereocenters. The maximum Gasteiger partial charge on any atom is 0.0897 e. The highest BCUT2D eigenvalue weighted by Gasteiger charge is 2.07. The number of aliphatic hydroxyl groups is 1. The van der Waals surface area contributed by atoms with Crippen molar-refractivity contribution in [3.63, 3.8) is 0 Å². The Bertz CT molecular complexity index is 318. The molecule has 2 N–H and O–H groups in total. The van der Waals surface area contributed by atoms with Crippen LogP contribution in [0.1, 0.15) is 12.5 Å². The lowest BCUT2D eigenvalue weighted by Gasteiger charge is -2.17. The van der Waals surface area contributed by atoms with E-state index in [-0.39, 0.29) is 0 Å². The normalized spacial score (nSPS) is 14.3. The number of rotatable bonds is 10. The largest absolute Gasteiger partial charge is 0.389 e. The number of aliphatic hydroxyl groups excluding tert-OH is 1. The molecule has 0 saturated heterocycles. The first-order valence-electron chi connectivity index (χ1n) is 6.74. The molecule has 4 heteroatoms. The van der Waals surface area contributed by atoms with Crippen LogP contribution in [0.15, 0.2) is 30.3 Å². The lowest BCUT2D eigenvalue weighted by molar-refractivity contribution is 0.0131. The van der Waals surface area contributed by atoms with E-state index in [1.54, 1.807) is 7.11 Å². The Morgan fingerprint density at radius 2 is 1.95 bits per heavy atom. The number of hydrogen-bond donors (Lipinski definition) is 2. The van der Waals surface area contributed by atoms with E-state index in [2.05, 4.69) is 24.4 Å². The van der Waals surface area contributed by atoms with Gasteiger partial charge < -0.3 is 19.9 Å². The van der Waals surface area contributed by atoms with Gasteiger partial charge in [0.2, 0.25) is 0 Å². The van der Waals surface area contributed by atoms with Crippen molar-refractivity contribution < 1.29 is 14.6 Å². The van der Waals surface area contributed by atoms with Gasteiger partial charge in [-0.1, -0.05) is 30.3 Å². The summed E-state index contributed by atoms with van der Waals surface area (Å²) >= 11 is 0. The van der Waals surface area contributed by atoms with Crippen LogP contribution < -0.4 is 5.32 Å². The average molecular weight is 267 g/mol. The minimum atomic E-state index is -0.477. The van der Waals surface area contributed by atoms with Gasteiger partial charge in [0.05, 0.1) is 25.9 Å². The van der Waals surface area contributed by atoms with E-state index in [4.69, 9.17) is 9.47 Å². The van der Waals surface area contributed by atoms with Gasteiger partial charge in [-0.05, 0) is 18.9 Å². The zero-order valence-electron chi connectivity index (χ0n) is 11.8. The fraction of sp³-hybridized carbons (Fsp3) is 0.600. The topological polar surface area (TPSA) is 50.7 Å². The zero-order valence-corrected chi connectivity index (χ0v) is 11.8. The van der Waals surface area contributed by atoms with Crippen LogP contribution >= 0.6 is 0 Å². The first-order chi connectivity index (χ1) is 9.22. The summed E-state index contributed by atoms with van der Waals surface area (Å²) in [4.78, 5) is 0. The summed E-state index contributed by atoms with van der Waals surface area (Å²) in [5, 5.41) is 13.0. The summed E-state index contributed by atoms with van der Waals surface area (Å²) < 4.78 is 10.1. The quantitative estimate of drug-likeness (QED) is 0.626. The molecule has 0 bridgehead atoms. The van der Waals surface area contributed by atoms with Crippen LogP contribution in [0.2, 0.25) is 0 Å². The molecule has 108 valence electrons. The van der Waals surface area contributed by atoms with Crippen molar-refractivity contribution in [2.45, 2.75) is 25.5 Å². The van der Waals surface area contributed by atoms with Crippen LogP contribution in [0.5, 0.6) is 0 Å². The average Bonchev–Trinajstić information content (AvgIpc) is 2.42. The fourth-order valence-corrected chi connectivity index (χ4v) is 1.80. The Labute approximate surface area is 115 Å². The van der Waals surface area contributed by atoms with Crippen molar-refractivity contribution >= 4 is 0 Å². The molecule has 0 heterocycles. The molecular formula is C15H25NO3. The van der Waals surface area contributed by atoms with Crippen LogP contribution in [0.4, 0.5) is 0 Å². The number of nitrogens with one attached hydrogen (secondary N) is 1. The first kappa shape index (κ1) is 16.1. The Balaban J connectivity index is 2.10. The van der Waals surface area contributed by atoms with Gasteiger partial charge >= 0.3 is 0 Å². The molecule has 0 aromatic heterocycles. The Morgan fingerprint density at radius 3 is 2.63 bits per heavy atom. The maximum atomic E-state index is 9.74. The molecule has 0 amide bonds. The van der Waals surface area contributed by atoms with Gasteiger partial charge in [0.15, 0.2) is 0 Å². The van der Waals surface area contributed by atoms with Crippen LogP contribution in [-0.2, 0) is 15.9 Å². The van der Waals surface area contributed by atoms with Crippen molar-refractivity contribution in [3.05, 3.63) is 35.9 Å². The fourth-order valence-electron chi connectivity index (χ4n) is 1.80. The highest BCUT2D eigenvalue weighted by molar-refractivity contribution is 5.15. The van der Waals surface area contributed by atoms with Crippen molar-refractivity contribution in [3.8, 4) is 0 Å². The molecule has 0 fully saturated rings. The molecule has 0 aliphatic carbocycles. The van der Waals surface area contributed by atoms with Crippen molar-refractivity contribution in [1.29, 1.82) is 0 Å². The standard InChI is InChI=1S/C15H25NO3/c1-13(10-14-6-4-3-5-7-14)16-11-15(17)12-19-9-8-18-2/h3-7,13,15-17H,8-12H2,1-2H3. The zero-order chi connectivity index (χ0) is 13.9. The molecule has 0 aliphatic heterocycles. The lowest BCUT2D eigenvalue weighted by atomic mass is 10.1. The number of benzene rings is 1. The van der Waals surface area contributed by atoms with Crippen molar-refractivity contribution in [2.24, 2.45) is 0 Å². The maximum absolute atomic E-state index is 9.74. The van der Waals surface area contributed by atoms with Gasteiger partial charge in [-0.2, -0.15) is 0 Å². The molecule has 0 radical (unpaired) electrons. The van der Waals surface area contributed by atoms with Crippen molar-refractivity contribution in [1.82, 2.24) is 5.32 Å². The molecule has 0 saturated carbocycles. The van der Waals surface area contributed by atoms with Gasteiger partial charge in [-0.15, -0.1) is 0 Å². The van der Waals surface area contributed by atoms with E-state index in [1.807, 2.05) is 18.2 Å². The first-order valence-corrected chi connectivity index (χ1v) is 6.74. The summed E-state index contributed by atoms with van der Waals surface area (Å²) in [6.45, 7) is 4.08. The predicted octanol–water partition coefficient (Wildman–Crippen LogP) is 1.23. The highest BCUT2D eigenvalue weighted by Crippen LogP contribution is 2.02. The smallest absolute Gasteiger partial charge is 0.0897 e. The second-order valence-electron chi connectivity index (χ2n) is 4.72. The third-order valence-corrected chi connectivity index (χ3v) is 2.83. The van der Waals surface area contributed by atoms with Gasteiger partial charge in [-0.25, -0.2) is 0 Å². The minimum absolute atomic E-state index is 0.330. The molecule has 1 aromatic carbocycles. The van der Waals surface area contributed by atoms with Gasteiger partial charge in [-0.3, -0.25) is 0 Å². The second kappa shape index (κ2) is 9.92. The molecular weight excluding hydrogens is 242 g/mol. The van der Waals surface area contributed by atoms with E-state index in [1.165, 1.54) is 5.56 Å². The Kier molecular flexibility index (Phi) is 8.41. The van der Waals surface area contributed by atoms with Gasteiger partial charge in [0.1, 0.15) is 0 Å². The van der Waals surface area contributed by atoms with E-state index >= 15 is 0 Å². The number of methoxy groups -OCH3 is 1. The SMILES string of the molecule is COCCOCC(O)CNC(C)Cc1ccccc1. The summed E-state index contributed by atoms with van der Waals surface area (Å²) in [5.41, 5.74) is 1.30. The van der Waals surface area contributed by atoms with E-state index in [9.17, 15) is 5.11 Å². The van der Waals surface area contributed by atoms with Crippen LogP contribution in [-0.4, -0.2) is 50.7 Å².